The molecule has 0 unspecified atom stereocenters. The van der Waals surface area contributed by atoms with E-state index in [1.165, 1.54) is 22.9 Å². The van der Waals surface area contributed by atoms with E-state index in [9.17, 15) is 18.0 Å². The maximum atomic E-state index is 12.3. The van der Waals surface area contributed by atoms with Gasteiger partial charge in [0.2, 0.25) is 0 Å². The topological polar surface area (TPSA) is 65.4 Å². The molecule has 3 rings (SSSR count). The van der Waals surface area contributed by atoms with Crippen molar-refractivity contribution >= 4 is 23.2 Å². The highest BCUT2D eigenvalue weighted by atomic mass is 35.5. The molecule has 29 heavy (non-hydrogen) atoms. The first-order valence-electron chi connectivity index (χ1n) is 8.29. The van der Waals surface area contributed by atoms with E-state index >= 15 is 0 Å². The van der Waals surface area contributed by atoms with Crippen LogP contribution in [0.4, 0.5) is 18.9 Å². The number of anilines is 1. The van der Waals surface area contributed by atoms with Crippen LogP contribution in [0, 0.1) is 6.92 Å². The lowest BCUT2D eigenvalue weighted by Crippen LogP contribution is -2.17. The largest absolute Gasteiger partial charge is 0.573 e. The van der Waals surface area contributed by atoms with Crippen molar-refractivity contribution in [3.8, 4) is 11.5 Å². The van der Waals surface area contributed by atoms with Crippen LogP contribution < -0.4 is 14.8 Å². The van der Waals surface area contributed by atoms with Crippen LogP contribution in [0.1, 0.15) is 16.1 Å². The second-order valence-corrected chi connectivity index (χ2v) is 6.38. The summed E-state index contributed by atoms with van der Waals surface area (Å²) in [6, 6.07) is 11.6. The Morgan fingerprint density at radius 3 is 2.59 bits per heavy atom. The van der Waals surface area contributed by atoms with Gasteiger partial charge < -0.3 is 14.8 Å². The van der Waals surface area contributed by atoms with E-state index in [1.807, 2.05) is 13.0 Å². The first-order chi connectivity index (χ1) is 13.7. The number of rotatable bonds is 6. The predicted octanol–water partition coefficient (Wildman–Crippen LogP) is 5.03. The summed E-state index contributed by atoms with van der Waals surface area (Å²) in [4.78, 5) is 12.3. The van der Waals surface area contributed by atoms with Gasteiger partial charge in [-0.2, -0.15) is 5.10 Å². The molecule has 1 N–H and O–H groups in total. The summed E-state index contributed by atoms with van der Waals surface area (Å²) in [6.07, 6.45) is -3.22. The molecule has 1 aromatic heterocycles. The van der Waals surface area contributed by atoms with Gasteiger partial charge in [0, 0.05) is 11.9 Å². The molecule has 0 aliphatic carbocycles. The molecule has 10 heteroatoms. The molecule has 0 radical (unpaired) electrons. The summed E-state index contributed by atoms with van der Waals surface area (Å²) in [5.74, 6) is -0.414. The highest BCUT2D eigenvalue weighted by Crippen LogP contribution is 2.26. The first kappa shape index (κ1) is 20.5. The molecule has 0 fully saturated rings. The zero-order valence-corrected chi connectivity index (χ0v) is 15.8. The molecule has 0 saturated carbocycles. The van der Waals surface area contributed by atoms with E-state index in [1.54, 1.807) is 18.3 Å². The summed E-state index contributed by atoms with van der Waals surface area (Å²) in [5, 5.41) is 7.10. The van der Waals surface area contributed by atoms with E-state index < -0.39 is 12.3 Å². The molecular weight excluding hydrogens is 411 g/mol. The number of carbonyl (C=O) groups excluding carboxylic acids is 1. The number of carbonyl (C=O) groups is 1. The van der Waals surface area contributed by atoms with Gasteiger partial charge >= 0.3 is 6.36 Å². The number of halogens is 4. The van der Waals surface area contributed by atoms with Crippen LogP contribution in [0.3, 0.4) is 0 Å². The second kappa shape index (κ2) is 8.44. The smallest absolute Gasteiger partial charge is 0.470 e. The van der Waals surface area contributed by atoms with Crippen LogP contribution >= 0.6 is 11.6 Å². The summed E-state index contributed by atoms with van der Waals surface area (Å²) in [5.41, 5.74) is 1.39. The van der Waals surface area contributed by atoms with Crippen LogP contribution in [0.2, 0.25) is 5.02 Å². The van der Waals surface area contributed by atoms with Crippen LogP contribution in [0.25, 0.3) is 0 Å². The monoisotopic (exact) mass is 425 g/mol. The van der Waals surface area contributed by atoms with Crippen LogP contribution in [0.5, 0.6) is 11.5 Å². The summed E-state index contributed by atoms with van der Waals surface area (Å²) in [7, 11) is 0. The fourth-order valence-electron chi connectivity index (χ4n) is 2.35. The van der Waals surface area contributed by atoms with Crippen molar-refractivity contribution in [3.05, 3.63) is 71.0 Å². The molecule has 3 aromatic rings. The Morgan fingerprint density at radius 1 is 1.17 bits per heavy atom. The van der Waals surface area contributed by atoms with Crippen molar-refractivity contribution in [1.29, 1.82) is 0 Å². The van der Waals surface area contributed by atoms with Gasteiger partial charge in [-0.15, -0.1) is 13.2 Å². The van der Waals surface area contributed by atoms with E-state index in [0.29, 0.717) is 16.5 Å². The van der Waals surface area contributed by atoms with Crippen LogP contribution in [-0.4, -0.2) is 22.1 Å². The zero-order chi connectivity index (χ0) is 21.0. The number of nitrogens with zero attached hydrogens (tertiary/aromatic N) is 2. The fraction of sp³-hybridized carbons (Fsp3) is 0.158. The van der Waals surface area contributed by atoms with Gasteiger partial charge in [0.05, 0.1) is 5.02 Å². The maximum absolute atomic E-state index is 12.3. The molecule has 152 valence electrons. The van der Waals surface area contributed by atoms with Crippen LogP contribution in [0.15, 0.2) is 54.7 Å². The predicted molar refractivity (Wildman–Crippen MR) is 100 cm³/mol. The summed E-state index contributed by atoms with van der Waals surface area (Å²) >= 11 is 6.06. The lowest BCUT2D eigenvalue weighted by Gasteiger charge is -2.09. The molecule has 0 aliphatic rings. The number of amides is 1. The van der Waals surface area contributed by atoms with Gasteiger partial charge in [-0.3, -0.25) is 4.79 Å². The molecular formula is C19H15ClF3N3O3. The number of nitrogens with one attached hydrogen (secondary N) is 1. The molecule has 0 saturated heterocycles. The third kappa shape index (κ3) is 5.89. The Kier molecular flexibility index (Phi) is 5.97. The Balaban J connectivity index is 1.58. The number of benzene rings is 2. The van der Waals surface area contributed by atoms with Gasteiger partial charge in [-0.05, 0) is 55.0 Å². The first-order valence-corrected chi connectivity index (χ1v) is 8.67. The molecule has 1 heterocycles. The molecule has 0 spiro atoms. The minimum atomic E-state index is -4.78. The van der Waals surface area contributed by atoms with Crippen LogP contribution in [-0.2, 0) is 6.73 Å². The van der Waals surface area contributed by atoms with Crippen molar-refractivity contribution in [2.24, 2.45) is 0 Å². The second-order valence-electron chi connectivity index (χ2n) is 5.97. The Morgan fingerprint density at radius 2 is 1.90 bits per heavy atom. The molecule has 6 nitrogen and oxygen atoms in total. The van der Waals surface area contributed by atoms with Crippen molar-refractivity contribution < 1.29 is 27.4 Å². The Bertz CT molecular complexity index is 1000. The Labute approximate surface area is 168 Å². The average Bonchev–Trinajstić information content (AvgIpc) is 3.12. The zero-order valence-electron chi connectivity index (χ0n) is 15.0. The number of hydrogen-bond donors (Lipinski definition) is 1. The lowest BCUT2D eigenvalue weighted by molar-refractivity contribution is -0.274. The normalized spacial score (nSPS) is 11.2. The van der Waals surface area contributed by atoms with E-state index in [-0.39, 0.29) is 18.2 Å². The SMILES string of the molecule is Cc1ccc(Cl)c(OCn2ccc(C(=O)Nc3ccc(OC(F)(F)F)cc3)n2)c1. The lowest BCUT2D eigenvalue weighted by atomic mass is 10.2. The number of aromatic nitrogens is 2. The third-order valence-corrected chi connectivity index (χ3v) is 3.97. The molecule has 0 aliphatic heterocycles. The molecule has 0 bridgehead atoms. The maximum Gasteiger partial charge on any atom is 0.573 e. The van der Waals surface area contributed by atoms with E-state index in [2.05, 4.69) is 15.2 Å². The molecule has 0 atom stereocenters. The quantitative estimate of drug-likeness (QED) is 0.601. The molecule has 2 aromatic carbocycles. The highest BCUT2D eigenvalue weighted by molar-refractivity contribution is 6.32. The highest BCUT2D eigenvalue weighted by Gasteiger charge is 2.31. The van der Waals surface area contributed by atoms with Gasteiger partial charge in [0.25, 0.3) is 5.91 Å². The number of ether oxygens (including phenoxy) is 2. The van der Waals surface area contributed by atoms with E-state index in [4.69, 9.17) is 16.3 Å². The Hall–Kier alpha value is -3.20. The number of aryl methyl sites for hydroxylation is 1. The van der Waals surface area contributed by atoms with Gasteiger partial charge in [0.15, 0.2) is 12.4 Å². The third-order valence-electron chi connectivity index (χ3n) is 3.66. The van der Waals surface area contributed by atoms with Gasteiger partial charge in [-0.1, -0.05) is 17.7 Å². The van der Waals surface area contributed by atoms with Crippen molar-refractivity contribution in [2.45, 2.75) is 20.0 Å². The van der Waals surface area contributed by atoms with Crippen molar-refractivity contribution in [1.82, 2.24) is 9.78 Å². The average molecular weight is 426 g/mol. The fourth-order valence-corrected chi connectivity index (χ4v) is 2.52. The molecule has 1 amide bonds. The number of hydrogen-bond acceptors (Lipinski definition) is 4. The van der Waals surface area contributed by atoms with Crippen molar-refractivity contribution in [2.75, 3.05) is 5.32 Å². The standard InChI is InChI=1S/C19H15ClF3N3O3/c1-12-2-7-15(20)17(10-12)28-11-26-9-8-16(25-26)18(27)24-13-3-5-14(6-4-13)29-19(21,22)23/h2-10H,11H2,1H3,(H,24,27). The van der Waals surface area contributed by atoms with Gasteiger partial charge in [0.1, 0.15) is 11.5 Å². The number of alkyl halides is 3. The van der Waals surface area contributed by atoms with Crippen molar-refractivity contribution in [3.63, 3.8) is 0 Å². The minimum absolute atomic E-state index is 0.0416. The van der Waals surface area contributed by atoms with E-state index in [0.717, 1.165) is 17.7 Å². The summed E-state index contributed by atoms with van der Waals surface area (Å²) in [6.45, 7) is 1.95. The minimum Gasteiger partial charge on any atom is -0.470 e. The van der Waals surface area contributed by atoms with Gasteiger partial charge in [-0.25, -0.2) is 4.68 Å². The summed E-state index contributed by atoms with van der Waals surface area (Å²) < 4.78 is 47.3.